The van der Waals surface area contributed by atoms with E-state index in [-0.39, 0.29) is 12.0 Å². The summed E-state index contributed by atoms with van der Waals surface area (Å²) >= 11 is 0. The maximum atomic E-state index is 12.4. The minimum Gasteiger partial charge on any atom is -0.383 e. The second-order valence-electron chi connectivity index (χ2n) is 3.82. The van der Waals surface area contributed by atoms with E-state index in [2.05, 4.69) is 20.6 Å². The lowest BCUT2D eigenvalue weighted by molar-refractivity contribution is -0.137. The van der Waals surface area contributed by atoms with Crippen molar-refractivity contribution in [1.82, 2.24) is 15.3 Å². The monoisotopic (exact) mass is 247 g/mol. The van der Waals surface area contributed by atoms with E-state index in [0.29, 0.717) is 6.20 Å². The molecule has 0 aromatic carbocycles. The lowest BCUT2D eigenvalue weighted by Gasteiger charge is -2.13. The van der Waals surface area contributed by atoms with E-state index < -0.39 is 17.6 Å². The molecule has 0 bridgehead atoms. The van der Waals surface area contributed by atoms with E-state index in [0.717, 1.165) is 19.5 Å². The maximum Gasteiger partial charge on any atom is 0.421 e. The number of aromatic nitrogens is 2. The molecule has 1 aromatic heterocycles. The molecule has 2 rings (SSSR count). The van der Waals surface area contributed by atoms with Gasteiger partial charge in [0.1, 0.15) is 11.4 Å². The quantitative estimate of drug-likeness (QED) is 0.722. The van der Waals surface area contributed by atoms with Crippen LogP contribution >= 0.6 is 0 Å². The Bertz CT molecular complexity index is 400. The van der Waals surface area contributed by atoms with Crippen molar-refractivity contribution in [2.24, 2.45) is 0 Å². The van der Waals surface area contributed by atoms with Crippen molar-refractivity contribution in [3.8, 4) is 0 Å². The Hall–Kier alpha value is -1.57. The summed E-state index contributed by atoms with van der Waals surface area (Å²) in [5, 5.41) is 6.04. The highest BCUT2D eigenvalue weighted by Crippen LogP contribution is 2.32. The first-order chi connectivity index (χ1) is 7.97. The normalized spacial score (nSPS) is 20.5. The number of nitrogens with one attached hydrogen (secondary N) is 2. The van der Waals surface area contributed by atoms with E-state index in [9.17, 15) is 13.2 Å². The van der Waals surface area contributed by atoms with Crippen molar-refractivity contribution in [3.63, 3.8) is 0 Å². The van der Waals surface area contributed by atoms with Crippen molar-refractivity contribution >= 4 is 11.8 Å². The Labute approximate surface area is 95.6 Å². The standard InChI is InChI=1S/C9H12F3N5/c10-9(11,12)6-4-15-8(17-7(6)13)16-5-1-2-14-3-5/h4-5,14H,1-3H2,(H3,13,15,16,17). The van der Waals surface area contributed by atoms with Gasteiger partial charge in [-0.05, 0) is 13.0 Å². The Morgan fingerprint density at radius 2 is 2.24 bits per heavy atom. The molecule has 1 unspecified atom stereocenters. The Morgan fingerprint density at radius 3 is 2.76 bits per heavy atom. The van der Waals surface area contributed by atoms with E-state index in [4.69, 9.17) is 5.73 Å². The van der Waals surface area contributed by atoms with Gasteiger partial charge in [-0.15, -0.1) is 0 Å². The van der Waals surface area contributed by atoms with Gasteiger partial charge in [0.2, 0.25) is 5.95 Å². The first-order valence-electron chi connectivity index (χ1n) is 5.14. The highest BCUT2D eigenvalue weighted by molar-refractivity contribution is 5.44. The summed E-state index contributed by atoms with van der Waals surface area (Å²) in [5.74, 6) is -0.426. The molecule has 1 aromatic rings. The Balaban J connectivity index is 2.13. The minimum absolute atomic E-state index is 0.129. The van der Waals surface area contributed by atoms with E-state index in [1.165, 1.54) is 0 Å². The number of alkyl halides is 3. The second kappa shape index (κ2) is 4.36. The van der Waals surface area contributed by atoms with E-state index in [1.54, 1.807) is 0 Å². The van der Waals surface area contributed by atoms with Crippen molar-refractivity contribution < 1.29 is 13.2 Å². The van der Waals surface area contributed by atoms with Crippen molar-refractivity contribution in [3.05, 3.63) is 11.8 Å². The lowest BCUT2D eigenvalue weighted by Crippen LogP contribution is -2.24. The van der Waals surface area contributed by atoms with Gasteiger partial charge >= 0.3 is 6.18 Å². The zero-order chi connectivity index (χ0) is 12.5. The van der Waals surface area contributed by atoms with Crippen LogP contribution in [0.25, 0.3) is 0 Å². The number of anilines is 2. The third kappa shape index (κ3) is 2.76. The molecule has 0 radical (unpaired) electrons. The molecule has 0 aliphatic carbocycles. The Kier molecular flexibility index (Phi) is 3.05. The third-order valence-electron chi connectivity index (χ3n) is 2.52. The summed E-state index contributed by atoms with van der Waals surface area (Å²) in [6, 6.07) is 0.131. The van der Waals surface area contributed by atoms with Crippen LogP contribution in [0.1, 0.15) is 12.0 Å². The van der Waals surface area contributed by atoms with Crippen LogP contribution in [0, 0.1) is 0 Å². The minimum atomic E-state index is -4.52. The fourth-order valence-electron chi connectivity index (χ4n) is 1.64. The van der Waals surface area contributed by atoms with E-state index >= 15 is 0 Å². The summed E-state index contributed by atoms with van der Waals surface area (Å²) in [4.78, 5) is 7.23. The summed E-state index contributed by atoms with van der Waals surface area (Å²) in [7, 11) is 0. The molecule has 0 saturated carbocycles. The molecule has 0 amide bonds. The van der Waals surface area contributed by atoms with Crippen LogP contribution in [0.2, 0.25) is 0 Å². The van der Waals surface area contributed by atoms with Gasteiger partial charge in [-0.1, -0.05) is 0 Å². The van der Waals surface area contributed by atoms with E-state index in [1.807, 2.05) is 0 Å². The molecule has 8 heteroatoms. The van der Waals surface area contributed by atoms with Gasteiger partial charge in [0.15, 0.2) is 0 Å². The highest BCUT2D eigenvalue weighted by atomic mass is 19.4. The van der Waals surface area contributed by atoms with Gasteiger partial charge < -0.3 is 16.4 Å². The number of nitrogens with two attached hydrogens (primary N) is 1. The average Bonchev–Trinajstić information content (AvgIpc) is 2.68. The predicted molar refractivity (Wildman–Crippen MR) is 56.3 cm³/mol. The fourth-order valence-corrected chi connectivity index (χ4v) is 1.64. The second-order valence-corrected chi connectivity index (χ2v) is 3.82. The summed E-state index contributed by atoms with van der Waals surface area (Å²) in [5.41, 5.74) is 4.25. The average molecular weight is 247 g/mol. The zero-order valence-corrected chi connectivity index (χ0v) is 8.88. The molecule has 17 heavy (non-hydrogen) atoms. The van der Waals surface area contributed by atoms with Crippen LogP contribution in [-0.4, -0.2) is 29.1 Å². The van der Waals surface area contributed by atoms with Crippen molar-refractivity contribution in [1.29, 1.82) is 0 Å². The third-order valence-corrected chi connectivity index (χ3v) is 2.52. The molecule has 4 N–H and O–H groups in total. The molecular formula is C9H12F3N5. The first-order valence-corrected chi connectivity index (χ1v) is 5.14. The number of nitrogens with zero attached hydrogens (tertiary/aromatic N) is 2. The molecule has 1 saturated heterocycles. The van der Waals surface area contributed by atoms with Gasteiger partial charge in [0, 0.05) is 18.8 Å². The number of hydrogen-bond donors (Lipinski definition) is 3. The van der Waals surface area contributed by atoms with Gasteiger partial charge in [0.25, 0.3) is 0 Å². The molecule has 0 spiro atoms. The molecule has 1 aliphatic heterocycles. The molecule has 1 atom stereocenters. The number of halogens is 3. The van der Waals surface area contributed by atoms with Crippen molar-refractivity contribution in [2.45, 2.75) is 18.6 Å². The van der Waals surface area contributed by atoms with Gasteiger partial charge in [-0.25, -0.2) is 4.98 Å². The summed E-state index contributed by atoms with van der Waals surface area (Å²) in [6.45, 7) is 1.61. The Morgan fingerprint density at radius 1 is 1.47 bits per heavy atom. The van der Waals surface area contributed by atoms with Gasteiger partial charge in [-0.3, -0.25) is 0 Å². The van der Waals surface area contributed by atoms with Gasteiger partial charge in [0.05, 0.1) is 0 Å². The maximum absolute atomic E-state index is 12.4. The highest BCUT2D eigenvalue weighted by Gasteiger charge is 2.34. The SMILES string of the molecule is Nc1nc(NC2CCNC2)ncc1C(F)(F)F. The smallest absolute Gasteiger partial charge is 0.383 e. The lowest BCUT2D eigenvalue weighted by atomic mass is 10.2. The number of rotatable bonds is 2. The van der Waals surface area contributed by atoms with Crippen LogP contribution in [0.3, 0.4) is 0 Å². The van der Waals surface area contributed by atoms with Crippen LogP contribution in [0.4, 0.5) is 24.9 Å². The molecule has 2 heterocycles. The molecule has 1 fully saturated rings. The van der Waals surface area contributed by atoms with Crippen LogP contribution < -0.4 is 16.4 Å². The van der Waals surface area contributed by atoms with Crippen LogP contribution in [-0.2, 0) is 6.18 Å². The number of hydrogen-bond acceptors (Lipinski definition) is 5. The number of nitrogen functional groups attached to an aromatic ring is 1. The van der Waals surface area contributed by atoms with Crippen LogP contribution in [0.15, 0.2) is 6.20 Å². The molecule has 1 aliphatic rings. The van der Waals surface area contributed by atoms with Crippen molar-refractivity contribution in [2.75, 3.05) is 24.1 Å². The first kappa shape index (κ1) is 11.9. The largest absolute Gasteiger partial charge is 0.421 e. The molecule has 5 nitrogen and oxygen atoms in total. The topological polar surface area (TPSA) is 75.9 Å². The summed E-state index contributed by atoms with van der Waals surface area (Å²) in [6.07, 6.45) is -2.94. The van der Waals surface area contributed by atoms with Gasteiger partial charge in [-0.2, -0.15) is 18.2 Å². The zero-order valence-electron chi connectivity index (χ0n) is 8.88. The fraction of sp³-hybridized carbons (Fsp3) is 0.556. The molecular weight excluding hydrogens is 235 g/mol. The molecule has 94 valence electrons. The summed E-state index contributed by atoms with van der Waals surface area (Å²) < 4.78 is 37.2. The predicted octanol–water partition coefficient (Wildman–Crippen LogP) is 0.851. The van der Waals surface area contributed by atoms with Crippen LogP contribution in [0.5, 0.6) is 0 Å².